The standard InChI is InChI=1S/C14H13N3O7/c1-3-24-10-6-8(17(22)23)4-7(11(10)18)5-9-12(19)15-14(21)16(2)13(9)20/h4-6,18H,3H2,1-2H3,(H,15,19,21). The van der Waals surface area contributed by atoms with Crippen molar-refractivity contribution >= 4 is 29.6 Å². The average Bonchev–Trinajstić information content (AvgIpc) is 2.52. The van der Waals surface area contributed by atoms with Gasteiger partial charge in [-0.15, -0.1) is 0 Å². The first-order valence-electron chi connectivity index (χ1n) is 6.75. The van der Waals surface area contributed by atoms with E-state index in [2.05, 4.69) is 0 Å². The Morgan fingerprint density at radius 1 is 1.38 bits per heavy atom. The van der Waals surface area contributed by atoms with Gasteiger partial charge < -0.3 is 9.84 Å². The molecule has 126 valence electrons. The molecule has 0 aliphatic carbocycles. The molecule has 24 heavy (non-hydrogen) atoms. The van der Waals surface area contributed by atoms with Gasteiger partial charge in [0.05, 0.1) is 17.6 Å². The summed E-state index contributed by atoms with van der Waals surface area (Å²) >= 11 is 0. The number of urea groups is 1. The van der Waals surface area contributed by atoms with Crippen molar-refractivity contribution in [1.29, 1.82) is 0 Å². The summed E-state index contributed by atoms with van der Waals surface area (Å²) in [5.41, 5.74) is -1.000. The van der Waals surface area contributed by atoms with Crippen LogP contribution in [0.4, 0.5) is 10.5 Å². The Bertz CT molecular complexity index is 785. The van der Waals surface area contributed by atoms with Crippen molar-refractivity contribution in [1.82, 2.24) is 10.2 Å². The first kappa shape index (κ1) is 16.9. The van der Waals surface area contributed by atoms with E-state index in [4.69, 9.17) is 4.74 Å². The number of ether oxygens (including phenoxy) is 1. The molecule has 2 rings (SSSR count). The summed E-state index contributed by atoms with van der Waals surface area (Å²) in [7, 11) is 1.16. The van der Waals surface area contributed by atoms with E-state index in [1.165, 1.54) is 0 Å². The zero-order valence-electron chi connectivity index (χ0n) is 12.7. The molecule has 1 aliphatic rings. The van der Waals surface area contributed by atoms with Crippen LogP contribution >= 0.6 is 0 Å². The molecule has 0 saturated carbocycles. The van der Waals surface area contributed by atoms with Crippen LogP contribution in [0.5, 0.6) is 11.5 Å². The van der Waals surface area contributed by atoms with E-state index in [1.54, 1.807) is 6.92 Å². The lowest BCUT2D eigenvalue weighted by atomic mass is 10.1. The third-order valence-electron chi connectivity index (χ3n) is 3.20. The Labute approximate surface area is 135 Å². The van der Waals surface area contributed by atoms with Gasteiger partial charge in [0.1, 0.15) is 5.57 Å². The molecule has 1 heterocycles. The molecule has 0 spiro atoms. The number of benzene rings is 1. The van der Waals surface area contributed by atoms with E-state index in [9.17, 15) is 29.6 Å². The fourth-order valence-electron chi connectivity index (χ4n) is 2.00. The minimum atomic E-state index is -0.966. The van der Waals surface area contributed by atoms with Crippen LogP contribution in [0.25, 0.3) is 6.08 Å². The van der Waals surface area contributed by atoms with Gasteiger partial charge in [0.2, 0.25) is 0 Å². The summed E-state index contributed by atoms with van der Waals surface area (Å²) in [5.74, 6) is -2.48. The molecule has 0 bridgehead atoms. The number of carbonyl (C=O) groups is 3. The number of nitro benzene ring substituents is 1. The van der Waals surface area contributed by atoms with Crippen molar-refractivity contribution in [2.24, 2.45) is 0 Å². The number of nitro groups is 1. The van der Waals surface area contributed by atoms with Gasteiger partial charge in [-0.05, 0) is 13.0 Å². The minimum absolute atomic E-state index is 0.140. The average molecular weight is 335 g/mol. The molecule has 2 N–H and O–H groups in total. The molecule has 1 aromatic carbocycles. The predicted octanol–water partition coefficient (Wildman–Crippen LogP) is 0.791. The number of phenols is 1. The second-order valence-corrected chi connectivity index (χ2v) is 4.75. The van der Waals surface area contributed by atoms with Gasteiger partial charge in [-0.3, -0.25) is 29.9 Å². The highest BCUT2D eigenvalue weighted by Crippen LogP contribution is 2.36. The van der Waals surface area contributed by atoms with Gasteiger partial charge in [-0.2, -0.15) is 0 Å². The Morgan fingerprint density at radius 2 is 2.04 bits per heavy atom. The summed E-state index contributed by atoms with van der Waals surface area (Å²) in [6.07, 6.45) is 0.964. The van der Waals surface area contributed by atoms with Gasteiger partial charge in [-0.1, -0.05) is 0 Å². The van der Waals surface area contributed by atoms with E-state index in [0.29, 0.717) is 4.90 Å². The number of hydrogen-bond donors (Lipinski definition) is 2. The number of nitrogens with one attached hydrogen (secondary N) is 1. The fourth-order valence-corrected chi connectivity index (χ4v) is 2.00. The van der Waals surface area contributed by atoms with E-state index >= 15 is 0 Å². The largest absolute Gasteiger partial charge is 0.504 e. The number of non-ortho nitro benzene ring substituents is 1. The maximum atomic E-state index is 12.0. The Morgan fingerprint density at radius 3 is 2.62 bits per heavy atom. The van der Waals surface area contributed by atoms with Crippen LogP contribution in [0.15, 0.2) is 17.7 Å². The van der Waals surface area contributed by atoms with Crippen molar-refractivity contribution in [2.45, 2.75) is 6.92 Å². The molecular formula is C14H13N3O7. The quantitative estimate of drug-likeness (QED) is 0.359. The predicted molar refractivity (Wildman–Crippen MR) is 80.2 cm³/mol. The Hall–Kier alpha value is -3.43. The highest BCUT2D eigenvalue weighted by molar-refractivity contribution is 6.30. The second kappa shape index (κ2) is 6.36. The van der Waals surface area contributed by atoms with Crippen LogP contribution in [-0.2, 0) is 9.59 Å². The van der Waals surface area contributed by atoms with E-state index in [1.807, 2.05) is 5.32 Å². The summed E-state index contributed by atoms with van der Waals surface area (Å²) in [4.78, 5) is 46.1. The first-order chi connectivity index (χ1) is 11.3. The number of hydrogen-bond acceptors (Lipinski definition) is 7. The molecule has 1 aromatic rings. The third-order valence-corrected chi connectivity index (χ3v) is 3.20. The van der Waals surface area contributed by atoms with Crippen molar-refractivity contribution in [3.05, 3.63) is 33.4 Å². The molecule has 10 heteroatoms. The fraction of sp³-hybridized carbons (Fsp3) is 0.214. The Balaban J connectivity index is 2.58. The molecule has 0 aromatic heterocycles. The highest BCUT2D eigenvalue weighted by Gasteiger charge is 2.33. The molecule has 10 nitrogen and oxygen atoms in total. The number of amides is 4. The number of rotatable bonds is 4. The van der Waals surface area contributed by atoms with Crippen molar-refractivity contribution in [3.8, 4) is 11.5 Å². The van der Waals surface area contributed by atoms with Gasteiger partial charge in [0.25, 0.3) is 17.5 Å². The van der Waals surface area contributed by atoms with Crippen molar-refractivity contribution < 1.29 is 29.2 Å². The second-order valence-electron chi connectivity index (χ2n) is 4.75. The van der Waals surface area contributed by atoms with Crippen LogP contribution in [0.3, 0.4) is 0 Å². The van der Waals surface area contributed by atoms with Gasteiger partial charge in [-0.25, -0.2) is 4.79 Å². The molecule has 0 unspecified atom stereocenters. The van der Waals surface area contributed by atoms with Crippen LogP contribution in [0.2, 0.25) is 0 Å². The molecule has 0 radical (unpaired) electrons. The molecular weight excluding hydrogens is 322 g/mol. The first-order valence-corrected chi connectivity index (χ1v) is 6.75. The number of phenolic OH excluding ortho intramolecular Hbond substituents is 1. The highest BCUT2D eigenvalue weighted by atomic mass is 16.6. The number of nitrogens with zero attached hydrogens (tertiary/aromatic N) is 2. The summed E-state index contributed by atoms with van der Waals surface area (Å²) in [5, 5.41) is 23.1. The normalized spacial score (nSPS) is 16.3. The minimum Gasteiger partial charge on any atom is -0.504 e. The van der Waals surface area contributed by atoms with Gasteiger partial charge >= 0.3 is 6.03 Å². The lowest BCUT2D eigenvalue weighted by Crippen LogP contribution is -2.52. The number of likely N-dealkylation sites (N-methyl/N-ethyl adjacent to an activating group) is 1. The summed E-state index contributed by atoms with van der Waals surface area (Å²) < 4.78 is 5.12. The summed E-state index contributed by atoms with van der Waals surface area (Å²) in [6, 6.07) is 1.13. The number of barbiturate groups is 1. The molecule has 1 fully saturated rings. The number of carbonyl (C=O) groups excluding carboxylic acids is 3. The van der Waals surface area contributed by atoms with E-state index < -0.39 is 39.8 Å². The number of aromatic hydroxyl groups is 1. The topological polar surface area (TPSA) is 139 Å². The molecule has 1 saturated heterocycles. The van der Waals surface area contributed by atoms with Gasteiger partial charge in [0, 0.05) is 18.7 Å². The van der Waals surface area contributed by atoms with Crippen molar-refractivity contribution in [2.75, 3.05) is 13.7 Å². The third kappa shape index (κ3) is 3.02. The van der Waals surface area contributed by atoms with E-state index in [0.717, 1.165) is 25.3 Å². The van der Waals surface area contributed by atoms with Crippen LogP contribution in [0, 0.1) is 10.1 Å². The smallest absolute Gasteiger partial charge is 0.331 e. The van der Waals surface area contributed by atoms with Crippen LogP contribution < -0.4 is 10.1 Å². The Kier molecular flexibility index (Phi) is 4.49. The molecule has 0 atom stereocenters. The maximum absolute atomic E-state index is 12.0. The summed E-state index contributed by atoms with van der Waals surface area (Å²) in [6.45, 7) is 1.76. The molecule has 4 amide bonds. The zero-order chi connectivity index (χ0) is 18.0. The monoisotopic (exact) mass is 335 g/mol. The number of imide groups is 2. The lowest BCUT2D eigenvalue weighted by Gasteiger charge is -2.22. The van der Waals surface area contributed by atoms with Crippen LogP contribution in [0.1, 0.15) is 12.5 Å². The van der Waals surface area contributed by atoms with E-state index in [-0.39, 0.29) is 17.9 Å². The molecule has 1 aliphatic heterocycles. The van der Waals surface area contributed by atoms with Crippen molar-refractivity contribution in [3.63, 3.8) is 0 Å². The zero-order valence-corrected chi connectivity index (χ0v) is 12.7. The lowest BCUT2D eigenvalue weighted by molar-refractivity contribution is -0.385. The van der Waals surface area contributed by atoms with Gasteiger partial charge in [0.15, 0.2) is 11.5 Å². The SMILES string of the molecule is CCOc1cc([N+](=O)[O-])cc(C=C2C(=O)NC(=O)N(C)C2=O)c1O. The maximum Gasteiger partial charge on any atom is 0.331 e. The van der Waals surface area contributed by atoms with Crippen LogP contribution in [-0.4, -0.2) is 46.4 Å².